The van der Waals surface area contributed by atoms with Crippen LogP contribution in [0.1, 0.15) is 25.0 Å². The average Bonchev–Trinajstić information content (AvgIpc) is 3.02. The third-order valence-corrected chi connectivity index (χ3v) is 7.54. The number of hydrogen-bond acceptors (Lipinski definition) is 16. The van der Waals surface area contributed by atoms with Crippen LogP contribution in [0.4, 0.5) is 0 Å². The fourth-order valence-corrected chi connectivity index (χ4v) is 4.94. The standard InChI is InChI=1S/C31H38O16/c1-14-24(38)25(39)26(40)31(44-14)47-29-27(41)30(42-10-9-17-4-7-19(34)21(36)12-17)45-22(13-43-15(2)32)28(29)46-23(37)8-5-16-3-6-18(33)20(35)11-16/h3-8,11-12,14,22,24-31,33-36,38-41H,9-10,13H2,1-2H3/b8-5+/t14-,22+,24-,25+,26+,27+,28+,29+,30+,31-/m0/s1. The number of carbonyl (C=O) groups excluding carboxylic acids is 2. The smallest absolute Gasteiger partial charge is 0.331 e. The third-order valence-electron chi connectivity index (χ3n) is 7.54. The maximum Gasteiger partial charge on any atom is 0.331 e. The van der Waals surface area contributed by atoms with Crippen LogP contribution in [0.3, 0.4) is 0 Å². The second kappa shape index (κ2) is 15.7. The van der Waals surface area contributed by atoms with Crippen molar-refractivity contribution in [3.63, 3.8) is 0 Å². The lowest BCUT2D eigenvalue weighted by atomic mass is 9.97. The van der Waals surface area contributed by atoms with Gasteiger partial charge in [0.15, 0.2) is 41.7 Å². The Morgan fingerprint density at radius 3 is 2.15 bits per heavy atom. The zero-order valence-electron chi connectivity index (χ0n) is 25.4. The number of phenolic OH excluding ortho intramolecular Hbond substituents is 4. The van der Waals surface area contributed by atoms with Crippen LogP contribution in [0.5, 0.6) is 23.0 Å². The predicted molar refractivity (Wildman–Crippen MR) is 157 cm³/mol. The highest BCUT2D eigenvalue weighted by molar-refractivity contribution is 5.87. The average molecular weight is 667 g/mol. The summed E-state index contributed by atoms with van der Waals surface area (Å²) in [6.07, 6.45) is -12.9. The molecule has 2 saturated heterocycles. The highest BCUT2D eigenvalue weighted by atomic mass is 16.7. The van der Waals surface area contributed by atoms with Gasteiger partial charge in [-0.3, -0.25) is 4.79 Å². The minimum Gasteiger partial charge on any atom is -0.504 e. The van der Waals surface area contributed by atoms with Gasteiger partial charge in [-0.2, -0.15) is 0 Å². The van der Waals surface area contributed by atoms with Gasteiger partial charge in [0.2, 0.25) is 0 Å². The maximum atomic E-state index is 13.0. The van der Waals surface area contributed by atoms with Gasteiger partial charge in [-0.1, -0.05) is 12.1 Å². The molecule has 2 fully saturated rings. The first-order chi connectivity index (χ1) is 22.2. The van der Waals surface area contributed by atoms with Gasteiger partial charge in [0.05, 0.1) is 12.7 Å². The lowest BCUT2D eigenvalue weighted by Crippen LogP contribution is -2.65. The molecule has 258 valence electrons. The van der Waals surface area contributed by atoms with E-state index in [-0.39, 0.29) is 30.3 Å². The van der Waals surface area contributed by atoms with Gasteiger partial charge in [0.25, 0.3) is 0 Å². The molecule has 4 rings (SSSR count). The summed E-state index contributed by atoms with van der Waals surface area (Å²) in [7, 11) is 0. The summed E-state index contributed by atoms with van der Waals surface area (Å²) in [6.45, 7) is 1.93. The molecule has 16 heteroatoms. The number of benzene rings is 2. The van der Waals surface area contributed by atoms with E-state index in [0.717, 1.165) is 13.0 Å². The van der Waals surface area contributed by atoms with Crippen LogP contribution in [-0.4, -0.2) is 127 Å². The van der Waals surface area contributed by atoms with Gasteiger partial charge in [-0.05, 0) is 54.8 Å². The van der Waals surface area contributed by atoms with Crippen molar-refractivity contribution >= 4 is 18.0 Å². The molecule has 0 saturated carbocycles. The summed E-state index contributed by atoms with van der Waals surface area (Å²) < 4.78 is 33.8. The molecular weight excluding hydrogens is 628 g/mol. The molecule has 16 nitrogen and oxygen atoms in total. The van der Waals surface area contributed by atoms with E-state index in [9.17, 15) is 50.4 Å². The summed E-state index contributed by atoms with van der Waals surface area (Å²) in [5.74, 6) is -3.18. The highest BCUT2D eigenvalue weighted by Gasteiger charge is 2.52. The quantitative estimate of drug-likeness (QED) is 0.0859. The normalized spacial score (nSPS) is 31.0. The first-order valence-electron chi connectivity index (χ1n) is 14.6. The van der Waals surface area contributed by atoms with E-state index in [0.29, 0.717) is 11.1 Å². The van der Waals surface area contributed by atoms with Crippen molar-refractivity contribution in [3.8, 4) is 23.0 Å². The van der Waals surface area contributed by atoms with Crippen LogP contribution in [0.15, 0.2) is 42.5 Å². The number of aliphatic hydroxyl groups is 4. The Hall–Kier alpha value is -4.00. The van der Waals surface area contributed by atoms with E-state index < -0.39 is 85.7 Å². The van der Waals surface area contributed by atoms with Gasteiger partial charge < -0.3 is 69.3 Å². The molecule has 2 heterocycles. The van der Waals surface area contributed by atoms with Gasteiger partial charge in [-0.25, -0.2) is 4.79 Å². The fourth-order valence-electron chi connectivity index (χ4n) is 4.94. The van der Waals surface area contributed by atoms with Crippen molar-refractivity contribution in [3.05, 3.63) is 53.6 Å². The van der Waals surface area contributed by atoms with E-state index >= 15 is 0 Å². The molecule has 0 amide bonds. The van der Waals surface area contributed by atoms with E-state index in [1.165, 1.54) is 49.4 Å². The van der Waals surface area contributed by atoms with Crippen molar-refractivity contribution < 1.29 is 78.9 Å². The largest absolute Gasteiger partial charge is 0.504 e. The van der Waals surface area contributed by atoms with Gasteiger partial charge in [0.1, 0.15) is 43.2 Å². The second-order valence-corrected chi connectivity index (χ2v) is 11.0. The maximum absolute atomic E-state index is 13.0. The number of esters is 2. The lowest BCUT2D eigenvalue weighted by Gasteiger charge is -2.46. The number of aliphatic hydroxyl groups excluding tert-OH is 4. The van der Waals surface area contributed by atoms with Gasteiger partial charge >= 0.3 is 11.9 Å². The van der Waals surface area contributed by atoms with Crippen LogP contribution in [0, 0.1) is 0 Å². The summed E-state index contributed by atoms with van der Waals surface area (Å²) in [5, 5.41) is 81.0. The van der Waals surface area contributed by atoms with Crippen LogP contribution in [-0.2, 0) is 44.4 Å². The summed E-state index contributed by atoms with van der Waals surface area (Å²) in [5.41, 5.74) is 0.882. The number of carbonyl (C=O) groups is 2. The minimum atomic E-state index is -1.80. The molecule has 0 aliphatic carbocycles. The van der Waals surface area contributed by atoms with E-state index in [4.69, 9.17) is 28.4 Å². The Morgan fingerprint density at radius 1 is 0.809 bits per heavy atom. The third kappa shape index (κ3) is 9.09. The molecule has 0 bridgehead atoms. The van der Waals surface area contributed by atoms with E-state index in [2.05, 4.69) is 0 Å². The molecule has 47 heavy (non-hydrogen) atoms. The molecule has 2 aliphatic heterocycles. The first kappa shape index (κ1) is 35.8. The monoisotopic (exact) mass is 666 g/mol. The van der Waals surface area contributed by atoms with Crippen molar-refractivity contribution in [2.45, 2.75) is 81.7 Å². The van der Waals surface area contributed by atoms with Gasteiger partial charge in [-0.15, -0.1) is 0 Å². The molecule has 0 spiro atoms. The van der Waals surface area contributed by atoms with Crippen LogP contribution in [0.25, 0.3) is 6.08 Å². The Kier molecular flexibility index (Phi) is 12.0. The summed E-state index contributed by atoms with van der Waals surface area (Å²) in [4.78, 5) is 24.7. The Bertz CT molecular complexity index is 1410. The number of phenols is 4. The molecule has 10 atom stereocenters. The highest BCUT2D eigenvalue weighted by Crippen LogP contribution is 2.32. The first-order valence-corrected chi connectivity index (χ1v) is 14.6. The fraction of sp³-hybridized carbons (Fsp3) is 0.484. The number of aromatic hydroxyl groups is 4. The molecule has 0 radical (unpaired) electrons. The van der Waals surface area contributed by atoms with Crippen LogP contribution in [0.2, 0.25) is 0 Å². The van der Waals surface area contributed by atoms with Crippen LogP contribution >= 0.6 is 0 Å². The molecule has 2 aromatic carbocycles. The van der Waals surface area contributed by atoms with Crippen molar-refractivity contribution in [2.24, 2.45) is 0 Å². The lowest BCUT2D eigenvalue weighted by molar-refractivity contribution is -0.357. The molecule has 2 aromatic rings. The molecule has 2 aliphatic rings. The number of ether oxygens (including phenoxy) is 6. The minimum absolute atomic E-state index is 0.101. The molecule has 0 unspecified atom stereocenters. The molecule has 8 N–H and O–H groups in total. The molecule has 0 aromatic heterocycles. The van der Waals surface area contributed by atoms with Crippen molar-refractivity contribution in [1.82, 2.24) is 0 Å². The van der Waals surface area contributed by atoms with Crippen molar-refractivity contribution in [2.75, 3.05) is 13.2 Å². The van der Waals surface area contributed by atoms with Gasteiger partial charge in [0, 0.05) is 13.0 Å². The summed E-state index contributed by atoms with van der Waals surface area (Å²) >= 11 is 0. The van der Waals surface area contributed by atoms with E-state index in [1.54, 1.807) is 0 Å². The Balaban J connectivity index is 1.58. The number of rotatable bonds is 11. The van der Waals surface area contributed by atoms with Crippen molar-refractivity contribution in [1.29, 1.82) is 0 Å². The Labute approximate surface area is 268 Å². The second-order valence-electron chi connectivity index (χ2n) is 11.0. The topological polar surface area (TPSA) is 251 Å². The SMILES string of the molecule is CC(=O)OC[C@H]1O[C@@H](OCCc2ccc(O)c(O)c2)[C@H](O)[C@@H](O[C@@H]2O[C@@H](C)[C@H](O)[C@@H](O)[C@H]2O)[C@@H]1OC(=O)/C=C/c1ccc(O)c(O)c1. The molecular formula is C31H38O16. The number of hydrogen-bond donors (Lipinski definition) is 8. The van der Waals surface area contributed by atoms with E-state index in [1.807, 2.05) is 0 Å². The zero-order valence-corrected chi connectivity index (χ0v) is 25.4. The zero-order chi connectivity index (χ0) is 34.4. The summed E-state index contributed by atoms with van der Waals surface area (Å²) in [6, 6.07) is 7.94. The predicted octanol–water partition coefficient (Wildman–Crippen LogP) is -0.445. The van der Waals surface area contributed by atoms with Crippen LogP contribution < -0.4 is 0 Å². The Morgan fingerprint density at radius 2 is 1.49 bits per heavy atom.